The normalized spacial score (nSPS) is 14.7. The lowest BCUT2D eigenvalue weighted by molar-refractivity contribution is 0.0946. The molecular formula is C23H25ClN4OS. The molecule has 5 nitrogen and oxygen atoms in total. The van der Waals surface area contributed by atoms with Crippen LogP contribution in [0.15, 0.2) is 53.9 Å². The Morgan fingerprint density at radius 1 is 1.13 bits per heavy atom. The fraction of sp³-hybridized carbons (Fsp3) is 0.304. The Balaban J connectivity index is 1.27. The number of piperazine rings is 1. The molecule has 2 heterocycles. The highest BCUT2D eigenvalue weighted by molar-refractivity contribution is 7.09. The summed E-state index contributed by atoms with van der Waals surface area (Å²) in [5, 5.41) is 6.58. The third kappa shape index (κ3) is 5.19. The second kappa shape index (κ2) is 9.60. The molecule has 0 unspecified atom stereocenters. The molecule has 7 heteroatoms. The number of para-hydroxylation sites is 1. The zero-order chi connectivity index (χ0) is 20.9. The molecule has 3 aromatic rings. The quantitative estimate of drug-likeness (QED) is 0.618. The van der Waals surface area contributed by atoms with Gasteiger partial charge in [0.2, 0.25) is 0 Å². The van der Waals surface area contributed by atoms with Gasteiger partial charge >= 0.3 is 0 Å². The maximum Gasteiger partial charge on any atom is 0.271 e. The van der Waals surface area contributed by atoms with Crippen molar-refractivity contribution < 1.29 is 4.79 Å². The zero-order valence-corrected chi connectivity index (χ0v) is 18.5. The first-order valence-corrected chi connectivity index (χ1v) is 11.3. The van der Waals surface area contributed by atoms with Gasteiger partial charge in [0.15, 0.2) is 0 Å². The number of nitrogens with zero attached hydrogens (tertiary/aromatic N) is 3. The van der Waals surface area contributed by atoms with E-state index in [1.165, 1.54) is 5.56 Å². The number of nitrogens with one attached hydrogen (secondary N) is 1. The van der Waals surface area contributed by atoms with Gasteiger partial charge in [-0.1, -0.05) is 53.6 Å². The number of benzene rings is 2. The van der Waals surface area contributed by atoms with E-state index in [1.807, 2.05) is 48.7 Å². The van der Waals surface area contributed by atoms with Gasteiger partial charge in [0, 0.05) is 38.1 Å². The topological polar surface area (TPSA) is 48.5 Å². The second-order valence-electron chi connectivity index (χ2n) is 7.51. The fourth-order valence-electron chi connectivity index (χ4n) is 3.63. The van der Waals surface area contributed by atoms with Crippen molar-refractivity contribution in [2.75, 3.05) is 31.1 Å². The number of aryl methyl sites for hydroxylation is 1. The van der Waals surface area contributed by atoms with E-state index in [1.54, 1.807) is 11.3 Å². The van der Waals surface area contributed by atoms with Crippen LogP contribution in [0, 0.1) is 6.92 Å². The van der Waals surface area contributed by atoms with Gasteiger partial charge in [0.25, 0.3) is 5.91 Å². The van der Waals surface area contributed by atoms with Gasteiger partial charge in [0.1, 0.15) is 10.7 Å². The first-order valence-electron chi connectivity index (χ1n) is 10.1. The van der Waals surface area contributed by atoms with Crippen molar-refractivity contribution in [1.82, 2.24) is 15.2 Å². The number of halogens is 1. The highest BCUT2D eigenvalue weighted by Gasteiger charge is 2.20. The number of carbonyl (C=O) groups is 1. The Morgan fingerprint density at radius 2 is 1.93 bits per heavy atom. The third-order valence-corrected chi connectivity index (χ3v) is 6.40. The van der Waals surface area contributed by atoms with E-state index in [0.29, 0.717) is 12.2 Å². The number of carbonyl (C=O) groups excluding carboxylic acids is 1. The maximum atomic E-state index is 12.4. The predicted octanol–water partition coefficient (Wildman–Crippen LogP) is 4.36. The van der Waals surface area contributed by atoms with Crippen LogP contribution in [0.1, 0.15) is 26.6 Å². The lowest BCUT2D eigenvalue weighted by atomic mass is 10.1. The summed E-state index contributed by atoms with van der Waals surface area (Å²) in [4.78, 5) is 21.7. The van der Waals surface area contributed by atoms with E-state index in [4.69, 9.17) is 11.6 Å². The molecule has 156 valence electrons. The minimum atomic E-state index is -0.123. The molecule has 0 saturated carbocycles. The summed E-state index contributed by atoms with van der Waals surface area (Å²) < 4.78 is 0. The largest absolute Gasteiger partial charge is 0.368 e. The predicted molar refractivity (Wildman–Crippen MR) is 123 cm³/mol. The van der Waals surface area contributed by atoms with Crippen LogP contribution in [0.4, 0.5) is 5.69 Å². The molecule has 1 saturated heterocycles. The summed E-state index contributed by atoms with van der Waals surface area (Å²) in [6.45, 7) is 7.08. The molecule has 0 aliphatic carbocycles. The highest BCUT2D eigenvalue weighted by atomic mass is 35.5. The number of thiazole rings is 1. The van der Waals surface area contributed by atoms with E-state index < -0.39 is 0 Å². The van der Waals surface area contributed by atoms with Gasteiger partial charge in [-0.15, -0.1) is 11.3 Å². The minimum absolute atomic E-state index is 0.123. The Kier molecular flexibility index (Phi) is 6.67. The van der Waals surface area contributed by atoms with E-state index in [2.05, 4.69) is 32.2 Å². The van der Waals surface area contributed by atoms with Crippen molar-refractivity contribution in [3.8, 4) is 0 Å². The first kappa shape index (κ1) is 20.8. The molecule has 4 rings (SSSR count). The number of amides is 1. The van der Waals surface area contributed by atoms with Crippen molar-refractivity contribution in [2.24, 2.45) is 0 Å². The van der Waals surface area contributed by atoms with Crippen molar-refractivity contribution >= 4 is 34.5 Å². The van der Waals surface area contributed by atoms with Gasteiger partial charge in [-0.25, -0.2) is 4.98 Å². The van der Waals surface area contributed by atoms with E-state index in [0.717, 1.165) is 54.0 Å². The standard InChI is InChI=1S/C23H25ClN4OS/c1-17-5-4-6-18(13-17)14-25-23(29)20-16-30-22(26-20)15-27-9-11-28(12-10-27)21-8-3-2-7-19(21)24/h2-8,13,16H,9-12,14-15H2,1H3,(H,25,29). The van der Waals surface area contributed by atoms with Gasteiger partial charge in [-0.2, -0.15) is 0 Å². The van der Waals surface area contributed by atoms with Gasteiger partial charge in [-0.3, -0.25) is 9.69 Å². The summed E-state index contributed by atoms with van der Waals surface area (Å²) in [5.74, 6) is -0.123. The molecule has 0 atom stereocenters. The summed E-state index contributed by atoms with van der Waals surface area (Å²) in [6.07, 6.45) is 0. The number of hydrogen-bond acceptors (Lipinski definition) is 5. The molecule has 2 aromatic carbocycles. The molecule has 0 spiro atoms. The Labute approximate surface area is 186 Å². The highest BCUT2D eigenvalue weighted by Crippen LogP contribution is 2.26. The number of rotatable bonds is 6. The van der Waals surface area contributed by atoms with Crippen LogP contribution in [-0.2, 0) is 13.1 Å². The van der Waals surface area contributed by atoms with Gasteiger partial charge in [0.05, 0.1) is 17.3 Å². The molecule has 1 amide bonds. The molecule has 1 fully saturated rings. The van der Waals surface area contributed by atoms with E-state index in [-0.39, 0.29) is 5.91 Å². The molecule has 30 heavy (non-hydrogen) atoms. The van der Waals surface area contributed by atoms with Gasteiger partial charge < -0.3 is 10.2 Å². The molecule has 1 aliphatic rings. The van der Waals surface area contributed by atoms with Crippen LogP contribution in [-0.4, -0.2) is 42.0 Å². The maximum absolute atomic E-state index is 12.4. The number of hydrogen-bond donors (Lipinski definition) is 1. The molecule has 1 aromatic heterocycles. The summed E-state index contributed by atoms with van der Waals surface area (Å²) in [5.41, 5.74) is 3.88. The van der Waals surface area contributed by atoms with Crippen molar-refractivity contribution in [3.63, 3.8) is 0 Å². The van der Waals surface area contributed by atoms with Crippen LogP contribution in [0.3, 0.4) is 0 Å². The Hall–Kier alpha value is -2.41. The average Bonchev–Trinajstić information content (AvgIpc) is 3.22. The average molecular weight is 441 g/mol. The lowest BCUT2D eigenvalue weighted by Crippen LogP contribution is -2.46. The summed E-state index contributed by atoms with van der Waals surface area (Å²) in [6, 6.07) is 16.1. The smallest absolute Gasteiger partial charge is 0.271 e. The summed E-state index contributed by atoms with van der Waals surface area (Å²) >= 11 is 7.87. The van der Waals surface area contributed by atoms with Crippen LogP contribution in [0.5, 0.6) is 0 Å². The minimum Gasteiger partial charge on any atom is -0.368 e. The van der Waals surface area contributed by atoms with Crippen LogP contribution in [0.2, 0.25) is 5.02 Å². The number of aromatic nitrogens is 1. The fourth-order valence-corrected chi connectivity index (χ4v) is 4.70. The first-order chi connectivity index (χ1) is 14.6. The SMILES string of the molecule is Cc1cccc(CNC(=O)c2csc(CN3CCN(c4ccccc4Cl)CC3)n2)c1. The molecule has 1 aliphatic heterocycles. The molecule has 0 bridgehead atoms. The Morgan fingerprint density at radius 3 is 2.70 bits per heavy atom. The molecular weight excluding hydrogens is 416 g/mol. The Bertz CT molecular complexity index is 1010. The summed E-state index contributed by atoms with van der Waals surface area (Å²) in [7, 11) is 0. The van der Waals surface area contributed by atoms with Crippen molar-refractivity contribution in [2.45, 2.75) is 20.0 Å². The zero-order valence-electron chi connectivity index (χ0n) is 17.0. The van der Waals surface area contributed by atoms with Crippen LogP contribution < -0.4 is 10.2 Å². The van der Waals surface area contributed by atoms with Crippen molar-refractivity contribution in [3.05, 3.63) is 80.8 Å². The van der Waals surface area contributed by atoms with Crippen molar-refractivity contribution in [1.29, 1.82) is 0 Å². The van der Waals surface area contributed by atoms with E-state index in [9.17, 15) is 4.79 Å². The lowest BCUT2D eigenvalue weighted by Gasteiger charge is -2.36. The monoisotopic (exact) mass is 440 g/mol. The van der Waals surface area contributed by atoms with Gasteiger partial charge in [-0.05, 0) is 24.6 Å². The molecule has 1 N–H and O–H groups in total. The second-order valence-corrected chi connectivity index (χ2v) is 8.86. The van der Waals surface area contributed by atoms with E-state index >= 15 is 0 Å². The number of anilines is 1. The van der Waals surface area contributed by atoms with Crippen LogP contribution >= 0.6 is 22.9 Å². The van der Waals surface area contributed by atoms with Crippen LogP contribution in [0.25, 0.3) is 0 Å². The molecule has 0 radical (unpaired) electrons. The third-order valence-electron chi connectivity index (χ3n) is 5.24.